The van der Waals surface area contributed by atoms with Crippen molar-refractivity contribution < 1.29 is 8.42 Å². The SMILES string of the molecule is CC(C)NC(=NCC1CCS(=O)(=O)C1)NC1CCc2nnc(C(C)C)n2C1.I. The third kappa shape index (κ3) is 6.04. The number of hydrogen-bond donors (Lipinski definition) is 2. The molecule has 0 radical (unpaired) electrons. The largest absolute Gasteiger partial charge is 0.354 e. The van der Waals surface area contributed by atoms with Crippen molar-refractivity contribution in [1.29, 1.82) is 0 Å². The summed E-state index contributed by atoms with van der Waals surface area (Å²) in [7, 11) is -2.86. The Bertz CT molecular complexity index is 790. The second-order valence-electron chi connectivity index (χ2n) is 8.38. The van der Waals surface area contributed by atoms with Gasteiger partial charge in [0.25, 0.3) is 0 Å². The Kier molecular flexibility index (Phi) is 8.12. The van der Waals surface area contributed by atoms with Crippen molar-refractivity contribution >= 4 is 39.8 Å². The minimum Gasteiger partial charge on any atom is -0.354 e. The zero-order valence-corrected chi connectivity index (χ0v) is 20.3. The van der Waals surface area contributed by atoms with Crippen LogP contribution in [0.3, 0.4) is 0 Å². The van der Waals surface area contributed by atoms with Gasteiger partial charge in [0.1, 0.15) is 11.6 Å². The summed E-state index contributed by atoms with van der Waals surface area (Å²) in [4.78, 5) is 4.70. The van der Waals surface area contributed by atoms with Gasteiger partial charge in [-0.3, -0.25) is 4.99 Å². The highest BCUT2D eigenvalue weighted by Gasteiger charge is 2.28. The molecular weight excluding hydrogens is 491 g/mol. The summed E-state index contributed by atoms with van der Waals surface area (Å²) in [5.41, 5.74) is 0. The highest BCUT2D eigenvalue weighted by atomic mass is 127. The maximum atomic E-state index is 11.7. The van der Waals surface area contributed by atoms with E-state index in [1.165, 1.54) is 0 Å². The van der Waals surface area contributed by atoms with Gasteiger partial charge in [-0.05, 0) is 32.6 Å². The van der Waals surface area contributed by atoms with Crippen molar-refractivity contribution in [2.75, 3.05) is 18.1 Å². The van der Waals surface area contributed by atoms with E-state index in [2.05, 4.69) is 53.1 Å². The fourth-order valence-corrected chi connectivity index (χ4v) is 5.58. The number of aliphatic imine (C=N–C) groups is 1. The van der Waals surface area contributed by atoms with E-state index in [1.807, 2.05) is 0 Å². The molecule has 3 rings (SSSR count). The summed E-state index contributed by atoms with van der Waals surface area (Å²) in [5, 5.41) is 15.6. The number of aromatic nitrogens is 3. The minimum absolute atomic E-state index is 0. The van der Waals surface area contributed by atoms with Gasteiger partial charge in [-0.2, -0.15) is 0 Å². The Morgan fingerprint density at radius 1 is 1.25 bits per heavy atom. The quantitative estimate of drug-likeness (QED) is 0.346. The van der Waals surface area contributed by atoms with Gasteiger partial charge in [0.2, 0.25) is 0 Å². The molecular formula is C18H33IN6O2S. The maximum Gasteiger partial charge on any atom is 0.191 e. The van der Waals surface area contributed by atoms with Crippen LogP contribution in [-0.2, 0) is 22.8 Å². The molecule has 1 aromatic heterocycles. The standard InChI is InChI=1S/C18H32N6O2S.HI/c1-12(2)17-23-22-16-6-5-15(10-24(16)17)21-18(20-13(3)4)19-9-14-7-8-27(25,26)11-14;/h12-15H,5-11H2,1-4H3,(H2,19,20,21);1H. The molecule has 28 heavy (non-hydrogen) atoms. The molecule has 10 heteroatoms. The minimum atomic E-state index is -2.86. The van der Waals surface area contributed by atoms with E-state index in [-0.39, 0.29) is 47.7 Å². The van der Waals surface area contributed by atoms with Crippen LogP contribution in [0, 0.1) is 5.92 Å². The molecule has 1 saturated heterocycles. The first-order chi connectivity index (χ1) is 12.7. The number of sulfone groups is 1. The molecule has 2 aliphatic rings. The van der Waals surface area contributed by atoms with Crippen LogP contribution in [0.4, 0.5) is 0 Å². The summed E-state index contributed by atoms with van der Waals surface area (Å²) in [6.45, 7) is 9.80. The Labute approximate surface area is 185 Å². The van der Waals surface area contributed by atoms with E-state index in [4.69, 9.17) is 4.99 Å². The Balaban J connectivity index is 0.00000280. The molecule has 2 atom stereocenters. The van der Waals surface area contributed by atoms with E-state index in [9.17, 15) is 8.42 Å². The van der Waals surface area contributed by atoms with E-state index in [0.29, 0.717) is 24.6 Å². The van der Waals surface area contributed by atoms with Crippen LogP contribution >= 0.6 is 24.0 Å². The molecule has 2 N–H and O–H groups in total. The lowest BCUT2D eigenvalue weighted by Gasteiger charge is -2.28. The van der Waals surface area contributed by atoms with Crippen LogP contribution < -0.4 is 10.6 Å². The number of nitrogens with one attached hydrogen (secondary N) is 2. The van der Waals surface area contributed by atoms with Crippen LogP contribution in [0.1, 0.15) is 58.1 Å². The molecule has 0 aliphatic carbocycles. The van der Waals surface area contributed by atoms with Crippen molar-refractivity contribution in [2.24, 2.45) is 10.9 Å². The number of aryl methyl sites for hydroxylation is 1. The van der Waals surface area contributed by atoms with Crippen molar-refractivity contribution in [1.82, 2.24) is 25.4 Å². The second kappa shape index (κ2) is 9.73. The van der Waals surface area contributed by atoms with Crippen molar-refractivity contribution in [3.63, 3.8) is 0 Å². The predicted molar refractivity (Wildman–Crippen MR) is 122 cm³/mol. The number of rotatable bonds is 5. The summed E-state index contributed by atoms with van der Waals surface area (Å²) < 4.78 is 25.6. The third-order valence-electron chi connectivity index (χ3n) is 5.09. The molecule has 0 bridgehead atoms. The van der Waals surface area contributed by atoms with Gasteiger partial charge in [0, 0.05) is 37.5 Å². The Morgan fingerprint density at radius 3 is 2.61 bits per heavy atom. The van der Waals surface area contributed by atoms with E-state index >= 15 is 0 Å². The highest BCUT2D eigenvalue weighted by Crippen LogP contribution is 2.21. The van der Waals surface area contributed by atoms with E-state index in [0.717, 1.165) is 37.0 Å². The molecule has 0 aromatic carbocycles. The summed E-state index contributed by atoms with van der Waals surface area (Å²) in [5.74, 6) is 3.88. The third-order valence-corrected chi connectivity index (χ3v) is 6.93. The lowest BCUT2D eigenvalue weighted by Crippen LogP contribution is -2.49. The van der Waals surface area contributed by atoms with Gasteiger partial charge in [0.05, 0.1) is 11.5 Å². The molecule has 160 valence electrons. The van der Waals surface area contributed by atoms with Gasteiger partial charge < -0.3 is 15.2 Å². The molecule has 3 heterocycles. The molecule has 0 spiro atoms. The molecule has 2 unspecified atom stereocenters. The number of hydrogen-bond acceptors (Lipinski definition) is 5. The monoisotopic (exact) mass is 524 g/mol. The fourth-order valence-electron chi connectivity index (χ4n) is 3.73. The fraction of sp³-hybridized carbons (Fsp3) is 0.833. The predicted octanol–water partition coefficient (Wildman–Crippen LogP) is 1.71. The molecule has 1 fully saturated rings. The van der Waals surface area contributed by atoms with Crippen molar-refractivity contribution in [2.45, 2.75) is 71.5 Å². The van der Waals surface area contributed by atoms with Crippen LogP contribution in [0.2, 0.25) is 0 Å². The van der Waals surface area contributed by atoms with Crippen LogP contribution in [0.25, 0.3) is 0 Å². The topological polar surface area (TPSA) is 101 Å². The lowest BCUT2D eigenvalue weighted by atomic mass is 10.1. The first kappa shape index (κ1) is 23.4. The Hall–Kier alpha value is -0.910. The molecule has 0 amide bonds. The summed E-state index contributed by atoms with van der Waals surface area (Å²) >= 11 is 0. The average molecular weight is 524 g/mol. The highest BCUT2D eigenvalue weighted by molar-refractivity contribution is 14.0. The summed E-state index contributed by atoms with van der Waals surface area (Å²) in [6, 6.07) is 0.507. The zero-order chi connectivity index (χ0) is 19.6. The van der Waals surface area contributed by atoms with Gasteiger partial charge >= 0.3 is 0 Å². The second-order valence-corrected chi connectivity index (χ2v) is 10.6. The number of fused-ring (bicyclic) bond motifs is 1. The van der Waals surface area contributed by atoms with Gasteiger partial charge in [0.15, 0.2) is 15.8 Å². The maximum absolute atomic E-state index is 11.7. The first-order valence-electron chi connectivity index (χ1n) is 9.93. The van der Waals surface area contributed by atoms with Crippen molar-refractivity contribution in [3.8, 4) is 0 Å². The lowest BCUT2D eigenvalue weighted by molar-refractivity contribution is 0.406. The normalized spacial score (nSPS) is 24.1. The Morgan fingerprint density at radius 2 is 2.00 bits per heavy atom. The number of halogens is 1. The molecule has 1 aromatic rings. The first-order valence-corrected chi connectivity index (χ1v) is 11.8. The zero-order valence-electron chi connectivity index (χ0n) is 17.2. The molecule has 2 aliphatic heterocycles. The van der Waals surface area contributed by atoms with Crippen LogP contribution in [0.15, 0.2) is 4.99 Å². The van der Waals surface area contributed by atoms with Crippen LogP contribution in [-0.4, -0.2) is 59.3 Å². The van der Waals surface area contributed by atoms with Crippen LogP contribution in [0.5, 0.6) is 0 Å². The summed E-state index contributed by atoms with van der Waals surface area (Å²) in [6.07, 6.45) is 2.59. The average Bonchev–Trinajstić information content (AvgIpc) is 3.14. The molecule has 0 saturated carbocycles. The number of nitrogens with zero attached hydrogens (tertiary/aromatic N) is 4. The van der Waals surface area contributed by atoms with Gasteiger partial charge in [-0.15, -0.1) is 34.2 Å². The van der Waals surface area contributed by atoms with Crippen molar-refractivity contribution in [3.05, 3.63) is 11.6 Å². The van der Waals surface area contributed by atoms with Gasteiger partial charge in [-0.1, -0.05) is 13.8 Å². The smallest absolute Gasteiger partial charge is 0.191 e. The van der Waals surface area contributed by atoms with E-state index in [1.54, 1.807) is 0 Å². The van der Waals surface area contributed by atoms with E-state index < -0.39 is 9.84 Å². The van der Waals surface area contributed by atoms with Gasteiger partial charge in [-0.25, -0.2) is 8.42 Å². The molecule has 8 nitrogen and oxygen atoms in total. The number of guanidine groups is 1.